The van der Waals surface area contributed by atoms with Crippen molar-refractivity contribution in [1.29, 1.82) is 0 Å². The fraction of sp³-hybridized carbons (Fsp3) is 0.269. The summed E-state index contributed by atoms with van der Waals surface area (Å²) < 4.78 is 59.3. The Morgan fingerprint density at radius 1 is 0.974 bits per heavy atom. The molecule has 1 aliphatic rings. The molecular formula is C26H26F3N3O6S. The average Bonchev–Trinajstić information content (AvgIpc) is 2.90. The van der Waals surface area contributed by atoms with Gasteiger partial charge in [-0.1, -0.05) is 48.5 Å². The molecule has 208 valence electrons. The first-order chi connectivity index (χ1) is 18.4. The van der Waals surface area contributed by atoms with E-state index in [9.17, 15) is 31.5 Å². The number of aromatic carboxylic acids is 1. The third-order valence-electron chi connectivity index (χ3n) is 5.93. The Labute approximate surface area is 223 Å². The van der Waals surface area contributed by atoms with Crippen LogP contribution in [0.1, 0.15) is 28.8 Å². The highest BCUT2D eigenvalue weighted by Crippen LogP contribution is 2.29. The molecule has 2 heterocycles. The highest BCUT2D eigenvalue weighted by molar-refractivity contribution is 7.92. The number of sulfonamides is 1. The maximum atomic E-state index is 12.6. The van der Waals surface area contributed by atoms with Gasteiger partial charge in [0.15, 0.2) is 0 Å². The maximum absolute atomic E-state index is 12.6. The third kappa shape index (κ3) is 8.43. The average molecular weight is 566 g/mol. The van der Waals surface area contributed by atoms with Gasteiger partial charge in [-0.15, -0.1) is 0 Å². The normalized spacial score (nSPS) is 14.2. The zero-order valence-electron chi connectivity index (χ0n) is 20.5. The van der Waals surface area contributed by atoms with E-state index < -0.39 is 28.1 Å². The summed E-state index contributed by atoms with van der Waals surface area (Å²) >= 11 is 0. The Hall–Kier alpha value is -4.13. The lowest BCUT2D eigenvalue weighted by molar-refractivity contribution is -0.192. The molecule has 9 nitrogen and oxygen atoms in total. The molecule has 1 aliphatic heterocycles. The minimum atomic E-state index is -5.08. The van der Waals surface area contributed by atoms with Crippen molar-refractivity contribution < 1.29 is 41.4 Å². The van der Waals surface area contributed by atoms with Gasteiger partial charge in [-0.25, -0.2) is 23.0 Å². The largest absolute Gasteiger partial charge is 0.490 e. The monoisotopic (exact) mass is 565 g/mol. The van der Waals surface area contributed by atoms with Crippen LogP contribution in [0.4, 0.5) is 24.7 Å². The van der Waals surface area contributed by atoms with Gasteiger partial charge in [0.25, 0.3) is 10.0 Å². The Morgan fingerprint density at radius 2 is 1.51 bits per heavy atom. The molecule has 0 aliphatic carbocycles. The van der Waals surface area contributed by atoms with Crippen molar-refractivity contribution in [3.8, 4) is 0 Å². The van der Waals surface area contributed by atoms with Crippen LogP contribution in [0.5, 0.6) is 0 Å². The Balaban J connectivity index is 0.000000532. The molecule has 4 rings (SSSR count). The summed E-state index contributed by atoms with van der Waals surface area (Å²) in [5, 5.41) is 16.9. The Morgan fingerprint density at radius 3 is 2.03 bits per heavy atom. The van der Waals surface area contributed by atoms with Crippen molar-refractivity contribution in [3.05, 3.63) is 84.1 Å². The van der Waals surface area contributed by atoms with E-state index in [2.05, 4.69) is 21.8 Å². The van der Waals surface area contributed by atoms with Crippen molar-refractivity contribution >= 4 is 33.5 Å². The zero-order valence-corrected chi connectivity index (χ0v) is 21.3. The van der Waals surface area contributed by atoms with Gasteiger partial charge >= 0.3 is 18.1 Å². The van der Waals surface area contributed by atoms with Crippen LogP contribution in [0.25, 0.3) is 0 Å². The van der Waals surface area contributed by atoms with E-state index in [4.69, 9.17) is 9.90 Å². The molecule has 0 bridgehead atoms. The minimum absolute atomic E-state index is 0.0141. The molecule has 3 N–H and O–H groups in total. The number of hydrogen-bond acceptors (Lipinski definition) is 6. The van der Waals surface area contributed by atoms with Crippen molar-refractivity contribution in [1.82, 2.24) is 4.98 Å². The fourth-order valence-electron chi connectivity index (χ4n) is 4.03. The van der Waals surface area contributed by atoms with E-state index in [1.54, 1.807) is 18.2 Å². The number of nitrogens with zero attached hydrogens (tertiary/aromatic N) is 2. The second-order valence-electron chi connectivity index (χ2n) is 8.74. The zero-order chi connectivity index (χ0) is 28.6. The molecule has 0 unspecified atom stereocenters. The van der Waals surface area contributed by atoms with Gasteiger partial charge < -0.3 is 15.1 Å². The number of piperidine rings is 1. The molecule has 1 aromatic heterocycles. The summed E-state index contributed by atoms with van der Waals surface area (Å²) in [5.41, 5.74) is 1.42. The van der Waals surface area contributed by atoms with E-state index in [0.29, 0.717) is 24.8 Å². The minimum Gasteiger partial charge on any atom is -0.478 e. The number of pyridine rings is 1. The Kier molecular flexibility index (Phi) is 9.51. The number of carboxylic acid groups (broad SMARTS) is 2. The summed E-state index contributed by atoms with van der Waals surface area (Å²) in [6.07, 6.45) is -0.817. The van der Waals surface area contributed by atoms with Crippen molar-refractivity contribution in [3.63, 3.8) is 0 Å². The molecule has 3 aromatic rings. The topological polar surface area (TPSA) is 137 Å². The maximum Gasteiger partial charge on any atom is 0.490 e. The molecule has 2 aromatic carbocycles. The van der Waals surface area contributed by atoms with Gasteiger partial charge in [0, 0.05) is 13.1 Å². The summed E-state index contributed by atoms with van der Waals surface area (Å²) in [6.45, 7) is 1.42. The van der Waals surface area contributed by atoms with Crippen LogP contribution in [0.2, 0.25) is 0 Å². The van der Waals surface area contributed by atoms with E-state index >= 15 is 0 Å². The van der Waals surface area contributed by atoms with Crippen LogP contribution in [0, 0.1) is 5.92 Å². The summed E-state index contributed by atoms with van der Waals surface area (Å²) in [6, 6.07) is 19.6. The number of aliphatic carboxylic acids is 1. The molecule has 0 amide bonds. The number of benzene rings is 2. The molecule has 13 heteroatoms. The number of nitrogens with one attached hydrogen (secondary N) is 1. The van der Waals surface area contributed by atoms with Crippen molar-refractivity contribution in [2.24, 2.45) is 5.92 Å². The lowest BCUT2D eigenvalue weighted by atomic mass is 9.90. The SMILES string of the molecule is O=C(O)C(F)(F)F.O=C(O)c1cc(NS(=O)(=O)c2ccccc2)cnc1N1CCC(Cc2ccccc2)CC1. The highest BCUT2D eigenvalue weighted by atomic mass is 32.2. The third-order valence-corrected chi connectivity index (χ3v) is 7.32. The number of carboxylic acids is 2. The van der Waals surface area contributed by atoms with Crippen LogP contribution in [-0.4, -0.2) is 54.8 Å². The van der Waals surface area contributed by atoms with Gasteiger partial charge in [0.1, 0.15) is 11.4 Å². The van der Waals surface area contributed by atoms with Crippen LogP contribution < -0.4 is 9.62 Å². The smallest absolute Gasteiger partial charge is 0.478 e. The van der Waals surface area contributed by atoms with Crippen LogP contribution in [0.3, 0.4) is 0 Å². The fourth-order valence-corrected chi connectivity index (χ4v) is 5.09. The van der Waals surface area contributed by atoms with E-state index in [0.717, 1.165) is 19.3 Å². The number of carbonyl (C=O) groups is 2. The molecule has 1 saturated heterocycles. The van der Waals surface area contributed by atoms with Gasteiger partial charge in [0.2, 0.25) is 0 Å². The lowest BCUT2D eigenvalue weighted by Crippen LogP contribution is -2.36. The summed E-state index contributed by atoms with van der Waals surface area (Å²) in [7, 11) is -3.83. The molecule has 39 heavy (non-hydrogen) atoms. The Bertz CT molecular complexity index is 1380. The number of aromatic nitrogens is 1. The predicted octanol–water partition coefficient (Wildman–Crippen LogP) is 4.67. The molecular weight excluding hydrogens is 539 g/mol. The van der Waals surface area contributed by atoms with E-state index in [1.807, 2.05) is 23.1 Å². The first-order valence-corrected chi connectivity index (χ1v) is 13.3. The van der Waals surface area contributed by atoms with Crippen LogP contribution in [-0.2, 0) is 21.2 Å². The van der Waals surface area contributed by atoms with Gasteiger partial charge in [0.05, 0.1) is 16.8 Å². The lowest BCUT2D eigenvalue weighted by Gasteiger charge is -2.33. The quantitative estimate of drug-likeness (QED) is 0.376. The number of halogens is 3. The molecule has 0 saturated carbocycles. The molecule has 0 radical (unpaired) electrons. The number of anilines is 2. The van der Waals surface area contributed by atoms with Crippen molar-refractivity contribution in [2.45, 2.75) is 30.3 Å². The van der Waals surface area contributed by atoms with Crippen LogP contribution in [0.15, 0.2) is 77.8 Å². The molecule has 0 atom stereocenters. The van der Waals surface area contributed by atoms with E-state index in [1.165, 1.54) is 30.0 Å². The second kappa shape index (κ2) is 12.6. The second-order valence-corrected chi connectivity index (χ2v) is 10.4. The van der Waals surface area contributed by atoms with Gasteiger partial charge in [-0.2, -0.15) is 13.2 Å². The first kappa shape index (κ1) is 29.4. The van der Waals surface area contributed by atoms with Gasteiger partial charge in [-0.3, -0.25) is 4.72 Å². The number of alkyl halides is 3. The number of rotatable bonds is 7. The van der Waals surface area contributed by atoms with E-state index in [-0.39, 0.29) is 16.1 Å². The first-order valence-electron chi connectivity index (χ1n) is 11.8. The summed E-state index contributed by atoms with van der Waals surface area (Å²) in [5.74, 6) is -2.98. The number of hydrogen-bond donors (Lipinski definition) is 3. The van der Waals surface area contributed by atoms with Crippen molar-refractivity contribution in [2.75, 3.05) is 22.7 Å². The van der Waals surface area contributed by atoms with Crippen LogP contribution >= 0.6 is 0 Å². The predicted molar refractivity (Wildman–Crippen MR) is 137 cm³/mol. The standard InChI is InChI=1S/C24H25N3O4S.C2HF3O2/c28-24(29)22-16-20(26-32(30,31)21-9-5-2-6-10-21)17-25-23(22)27-13-11-19(12-14-27)15-18-7-3-1-4-8-18;3-2(4,5)1(6)7/h1-10,16-17,19,26H,11-15H2,(H,28,29);(H,6,7). The molecule has 0 spiro atoms. The summed E-state index contributed by atoms with van der Waals surface area (Å²) in [4.78, 5) is 27.2. The highest BCUT2D eigenvalue weighted by Gasteiger charge is 2.38. The molecule has 1 fully saturated rings. The van der Waals surface area contributed by atoms with Gasteiger partial charge in [-0.05, 0) is 48.9 Å².